The van der Waals surface area contributed by atoms with Gasteiger partial charge in [0.2, 0.25) is 5.78 Å². The second-order valence-electron chi connectivity index (χ2n) is 4.59. The molecule has 0 fully saturated rings. The summed E-state index contributed by atoms with van der Waals surface area (Å²) in [4.78, 5) is 27.3. The predicted octanol–water partition coefficient (Wildman–Crippen LogP) is 2.20. The van der Waals surface area contributed by atoms with E-state index in [-0.39, 0.29) is 18.1 Å². The number of nitrogens with one attached hydrogen (secondary N) is 1. The van der Waals surface area contributed by atoms with Crippen LogP contribution in [0.5, 0.6) is 0 Å². The molecule has 0 spiro atoms. The van der Waals surface area contributed by atoms with Gasteiger partial charge >= 0.3 is 0 Å². The highest BCUT2D eigenvalue weighted by molar-refractivity contribution is 6.43. The summed E-state index contributed by atoms with van der Waals surface area (Å²) in [6.45, 7) is 0. The number of ketones is 2. The lowest BCUT2D eigenvalue weighted by Gasteiger charge is -1.96. The largest absolute Gasteiger partial charge is 0.464 e. The van der Waals surface area contributed by atoms with Gasteiger partial charge in [0.25, 0.3) is 5.78 Å². The maximum absolute atomic E-state index is 13.2. The number of hydrogen-bond acceptors (Lipinski definition) is 5. The fourth-order valence-electron chi connectivity index (χ4n) is 1.97. The summed E-state index contributed by atoms with van der Waals surface area (Å²) in [6, 6.07) is 7.50. The van der Waals surface area contributed by atoms with Crippen molar-refractivity contribution in [2.75, 3.05) is 0 Å². The Morgan fingerprint density at radius 2 is 2.14 bits per heavy atom. The van der Waals surface area contributed by atoms with E-state index >= 15 is 0 Å². The lowest BCUT2D eigenvalue weighted by molar-refractivity contribution is -0.114. The molecule has 22 heavy (non-hydrogen) atoms. The highest BCUT2D eigenvalue weighted by Gasteiger charge is 2.20. The molecular formula is C15H10FN3O3. The zero-order valence-electron chi connectivity index (χ0n) is 11.2. The molecular weight excluding hydrogens is 289 g/mol. The molecule has 3 rings (SSSR count). The number of halogens is 1. The van der Waals surface area contributed by atoms with Crippen LogP contribution in [0.3, 0.4) is 0 Å². The topological polar surface area (TPSA) is 88.8 Å². The van der Waals surface area contributed by atoms with E-state index in [9.17, 15) is 14.0 Å². The van der Waals surface area contributed by atoms with Crippen molar-refractivity contribution in [1.82, 2.24) is 15.2 Å². The Morgan fingerprint density at radius 3 is 2.86 bits per heavy atom. The van der Waals surface area contributed by atoms with Crippen molar-refractivity contribution < 1.29 is 18.4 Å². The standard InChI is InChI=1S/C15H10FN3O3/c16-11-3-1-2-10(6-11)13-5-9(7-22-13)4-12(20)14(21)15-17-8-18-19-15/h1-3,5-8H,4H2,(H,17,18,19). The number of carbonyl (C=O) groups is 2. The van der Waals surface area contributed by atoms with Crippen LogP contribution in [0.1, 0.15) is 16.2 Å². The lowest BCUT2D eigenvalue weighted by atomic mass is 10.1. The van der Waals surface area contributed by atoms with E-state index in [0.29, 0.717) is 16.9 Å². The van der Waals surface area contributed by atoms with E-state index in [1.165, 1.54) is 18.4 Å². The number of furan rings is 1. The number of nitrogens with zero attached hydrogens (tertiary/aromatic N) is 2. The molecule has 0 aliphatic rings. The van der Waals surface area contributed by atoms with Gasteiger partial charge in [-0.1, -0.05) is 12.1 Å². The number of aromatic nitrogens is 3. The third-order valence-electron chi connectivity index (χ3n) is 3.01. The maximum atomic E-state index is 13.2. The highest BCUT2D eigenvalue weighted by Crippen LogP contribution is 2.23. The lowest BCUT2D eigenvalue weighted by Crippen LogP contribution is -2.17. The number of hydrogen-bond donors (Lipinski definition) is 1. The van der Waals surface area contributed by atoms with Crippen LogP contribution in [0.4, 0.5) is 4.39 Å². The van der Waals surface area contributed by atoms with Crippen LogP contribution in [0.15, 0.2) is 47.3 Å². The van der Waals surface area contributed by atoms with Crippen molar-refractivity contribution in [3.8, 4) is 11.3 Å². The summed E-state index contributed by atoms with van der Waals surface area (Å²) in [6.07, 6.45) is 2.39. The summed E-state index contributed by atoms with van der Waals surface area (Å²) >= 11 is 0. The molecule has 0 atom stereocenters. The summed E-state index contributed by atoms with van der Waals surface area (Å²) in [5, 5.41) is 5.87. The molecule has 110 valence electrons. The summed E-state index contributed by atoms with van der Waals surface area (Å²) in [5.74, 6) is -1.44. The van der Waals surface area contributed by atoms with Crippen molar-refractivity contribution >= 4 is 11.6 Å². The minimum absolute atomic E-state index is 0.0983. The van der Waals surface area contributed by atoms with Gasteiger partial charge < -0.3 is 4.42 Å². The van der Waals surface area contributed by atoms with Crippen LogP contribution in [-0.2, 0) is 11.2 Å². The van der Waals surface area contributed by atoms with Crippen molar-refractivity contribution in [2.24, 2.45) is 0 Å². The van der Waals surface area contributed by atoms with Crippen LogP contribution in [-0.4, -0.2) is 26.7 Å². The molecule has 1 N–H and O–H groups in total. The van der Waals surface area contributed by atoms with E-state index < -0.39 is 11.6 Å². The highest BCUT2D eigenvalue weighted by atomic mass is 19.1. The number of carbonyl (C=O) groups excluding carboxylic acids is 2. The normalized spacial score (nSPS) is 10.6. The van der Waals surface area contributed by atoms with Gasteiger partial charge in [0.05, 0.1) is 6.26 Å². The fourth-order valence-corrected chi connectivity index (χ4v) is 1.97. The van der Waals surface area contributed by atoms with Crippen LogP contribution < -0.4 is 0 Å². The van der Waals surface area contributed by atoms with Crippen LogP contribution in [0.2, 0.25) is 0 Å². The van der Waals surface area contributed by atoms with Crippen molar-refractivity contribution in [2.45, 2.75) is 6.42 Å². The van der Waals surface area contributed by atoms with E-state index in [1.807, 2.05) is 0 Å². The molecule has 0 amide bonds. The maximum Gasteiger partial charge on any atom is 0.265 e. The fraction of sp³-hybridized carbons (Fsp3) is 0.0667. The molecule has 1 aromatic carbocycles. The van der Waals surface area contributed by atoms with Crippen molar-refractivity contribution in [3.05, 3.63) is 60.1 Å². The summed E-state index contributed by atoms with van der Waals surface area (Å²) < 4.78 is 18.5. The molecule has 3 aromatic rings. The van der Waals surface area contributed by atoms with Crippen molar-refractivity contribution in [3.63, 3.8) is 0 Å². The molecule has 0 saturated heterocycles. The number of rotatable bonds is 5. The number of aromatic amines is 1. The van der Waals surface area contributed by atoms with Crippen molar-refractivity contribution in [1.29, 1.82) is 0 Å². The third-order valence-corrected chi connectivity index (χ3v) is 3.01. The number of benzene rings is 1. The summed E-state index contributed by atoms with van der Waals surface area (Å²) in [5.41, 5.74) is 1.08. The molecule has 0 radical (unpaired) electrons. The molecule has 7 heteroatoms. The molecule has 6 nitrogen and oxygen atoms in total. The van der Waals surface area contributed by atoms with E-state index in [0.717, 1.165) is 6.33 Å². The number of Topliss-reactive ketones (excluding diaryl/α,β-unsaturated/α-hetero) is 2. The van der Waals surface area contributed by atoms with E-state index in [2.05, 4.69) is 15.2 Å². The smallest absolute Gasteiger partial charge is 0.265 e. The molecule has 0 bridgehead atoms. The first-order valence-corrected chi connectivity index (χ1v) is 6.40. The Morgan fingerprint density at radius 1 is 1.27 bits per heavy atom. The van der Waals surface area contributed by atoms with Gasteiger partial charge in [0.15, 0.2) is 5.82 Å². The average Bonchev–Trinajstić information content (AvgIpc) is 3.18. The second-order valence-corrected chi connectivity index (χ2v) is 4.59. The minimum Gasteiger partial charge on any atom is -0.464 e. The van der Waals surface area contributed by atoms with Gasteiger partial charge in [0, 0.05) is 12.0 Å². The molecule has 0 unspecified atom stereocenters. The van der Waals surface area contributed by atoms with Gasteiger partial charge in [-0.25, -0.2) is 9.37 Å². The number of H-pyrrole nitrogens is 1. The Labute approximate surface area is 124 Å². The molecule has 2 heterocycles. The summed E-state index contributed by atoms with van der Waals surface area (Å²) in [7, 11) is 0. The SMILES string of the molecule is O=C(Cc1coc(-c2cccc(F)c2)c1)C(=O)c1ncn[nH]1. The molecule has 0 aliphatic carbocycles. The average molecular weight is 299 g/mol. The van der Waals surface area contributed by atoms with Gasteiger partial charge in [-0.3, -0.25) is 14.7 Å². The quantitative estimate of drug-likeness (QED) is 0.576. The van der Waals surface area contributed by atoms with E-state index in [4.69, 9.17) is 4.42 Å². The first-order chi connectivity index (χ1) is 10.6. The Kier molecular flexibility index (Phi) is 3.61. The first kappa shape index (κ1) is 13.9. The van der Waals surface area contributed by atoms with Gasteiger partial charge in [-0.2, -0.15) is 5.10 Å². The minimum atomic E-state index is -0.744. The Bertz CT molecular complexity index is 824. The van der Waals surface area contributed by atoms with Gasteiger partial charge in [-0.15, -0.1) is 0 Å². The van der Waals surface area contributed by atoms with E-state index in [1.54, 1.807) is 18.2 Å². The third kappa shape index (κ3) is 2.83. The molecule has 0 saturated carbocycles. The Balaban J connectivity index is 1.74. The van der Waals surface area contributed by atoms with Crippen LogP contribution in [0.25, 0.3) is 11.3 Å². The second kappa shape index (κ2) is 5.72. The molecule has 2 aromatic heterocycles. The van der Waals surface area contributed by atoms with Gasteiger partial charge in [-0.05, 0) is 23.8 Å². The molecule has 0 aliphatic heterocycles. The predicted molar refractivity (Wildman–Crippen MR) is 73.5 cm³/mol. The van der Waals surface area contributed by atoms with Gasteiger partial charge in [0.1, 0.15) is 17.9 Å². The Hall–Kier alpha value is -3.09. The zero-order chi connectivity index (χ0) is 15.5. The monoisotopic (exact) mass is 299 g/mol. The van der Waals surface area contributed by atoms with Crippen LogP contribution in [0, 0.1) is 5.82 Å². The first-order valence-electron chi connectivity index (χ1n) is 6.40. The van der Waals surface area contributed by atoms with Crippen LogP contribution >= 0.6 is 0 Å². The zero-order valence-corrected chi connectivity index (χ0v) is 11.2.